The van der Waals surface area contributed by atoms with Gasteiger partial charge in [-0.05, 0) is 30.9 Å². The zero-order valence-corrected chi connectivity index (χ0v) is 20.4. The quantitative estimate of drug-likeness (QED) is 0.355. The summed E-state index contributed by atoms with van der Waals surface area (Å²) in [4.78, 5) is 47.1. The van der Waals surface area contributed by atoms with Gasteiger partial charge in [-0.3, -0.25) is 18.8 Å². The van der Waals surface area contributed by atoms with Crippen LogP contribution < -0.4 is 0 Å². The topological polar surface area (TPSA) is 71.8 Å². The van der Waals surface area contributed by atoms with E-state index in [2.05, 4.69) is 17.1 Å². The number of Topliss-reactive ketones (excluding diaryl/α,β-unsaturated/α-hetero) is 2. The van der Waals surface area contributed by atoms with Crippen LogP contribution in [0.25, 0.3) is 15.4 Å². The fourth-order valence-corrected chi connectivity index (χ4v) is 5.84. The van der Waals surface area contributed by atoms with Gasteiger partial charge in [-0.2, -0.15) is 0 Å². The summed E-state index contributed by atoms with van der Waals surface area (Å²) in [7, 11) is 0. The first kappa shape index (κ1) is 23.2. The number of imidazole rings is 1. The smallest absolute Gasteiger partial charge is 0.231 e. The second-order valence-electron chi connectivity index (χ2n) is 9.09. The third-order valence-electron chi connectivity index (χ3n) is 6.52. The Morgan fingerprint density at radius 3 is 2.43 bits per heavy atom. The number of likely N-dealkylation sites (tertiary alicyclic amines) is 1. The third kappa shape index (κ3) is 4.95. The van der Waals surface area contributed by atoms with Gasteiger partial charge in [0, 0.05) is 25.4 Å². The fourth-order valence-electron chi connectivity index (χ4n) is 4.85. The molecule has 0 N–H and O–H groups in total. The Balaban J connectivity index is 1.31. The molecule has 178 valence electrons. The molecule has 1 saturated heterocycles. The van der Waals surface area contributed by atoms with Crippen LogP contribution in [0.1, 0.15) is 43.4 Å². The number of hydrogen-bond donors (Lipinski definition) is 0. The Morgan fingerprint density at radius 1 is 1.03 bits per heavy atom. The number of nitrogens with zero attached hydrogens (tertiary/aromatic N) is 3. The highest BCUT2D eigenvalue weighted by Crippen LogP contribution is 2.30. The second kappa shape index (κ2) is 9.96. The Bertz CT molecular complexity index is 1330. The van der Waals surface area contributed by atoms with E-state index in [0.29, 0.717) is 18.7 Å². The summed E-state index contributed by atoms with van der Waals surface area (Å²) in [6.07, 6.45) is 5.69. The van der Waals surface area contributed by atoms with E-state index in [0.717, 1.165) is 27.4 Å². The van der Waals surface area contributed by atoms with Gasteiger partial charge in [0.05, 0.1) is 29.0 Å². The van der Waals surface area contributed by atoms with Gasteiger partial charge in [-0.1, -0.05) is 72.0 Å². The lowest BCUT2D eigenvalue weighted by Crippen LogP contribution is -2.43. The van der Waals surface area contributed by atoms with Gasteiger partial charge in [0.15, 0.2) is 10.7 Å². The fraction of sp³-hybridized carbons (Fsp3) is 0.286. The lowest BCUT2D eigenvalue weighted by molar-refractivity contribution is -0.139. The van der Waals surface area contributed by atoms with Crippen molar-refractivity contribution in [3.8, 4) is 10.4 Å². The van der Waals surface area contributed by atoms with Crippen molar-refractivity contribution in [3.05, 3.63) is 84.3 Å². The average Bonchev–Trinajstić information content (AvgIpc) is 3.58. The maximum absolute atomic E-state index is 13.5. The van der Waals surface area contributed by atoms with Crippen molar-refractivity contribution in [2.24, 2.45) is 0 Å². The van der Waals surface area contributed by atoms with E-state index in [1.54, 1.807) is 16.2 Å². The monoisotopic (exact) mass is 485 g/mol. The highest BCUT2D eigenvalue weighted by atomic mass is 32.1. The van der Waals surface area contributed by atoms with Crippen LogP contribution in [0.5, 0.6) is 0 Å². The van der Waals surface area contributed by atoms with Crippen LogP contribution in [-0.4, -0.2) is 44.3 Å². The first-order valence-corrected chi connectivity index (χ1v) is 12.7. The number of ketones is 2. The molecular weight excluding hydrogens is 458 g/mol. The predicted octanol–water partition coefficient (Wildman–Crippen LogP) is 4.93. The maximum atomic E-state index is 13.5. The number of aromatic nitrogens is 2. The standard InChI is InChI=1S/C28H27N3O3S/c1-19(32)15-23(20-9-4-2-5-10-20)27(34)31-14-8-13-24(31)25(33)16-22-17-30-18-26(35-28(30)29-22)21-11-6-3-7-12-21/h2-7,9-12,17-18,23-24H,8,13-16H2,1H3/t23-,24+/m1/s1. The maximum Gasteiger partial charge on any atom is 0.231 e. The van der Waals surface area contributed by atoms with Crippen molar-refractivity contribution in [3.63, 3.8) is 0 Å². The minimum atomic E-state index is -0.559. The van der Waals surface area contributed by atoms with E-state index >= 15 is 0 Å². The van der Waals surface area contributed by atoms with Crippen LogP contribution in [0.4, 0.5) is 0 Å². The van der Waals surface area contributed by atoms with Crippen LogP contribution in [0, 0.1) is 0 Å². The summed E-state index contributed by atoms with van der Waals surface area (Å²) < 4.78 is 1.96. The van der Waals surface area contributed by atoms with Crippen molar-refractivity contribution in [2.45, 2.75) is 44.6 Å². The van der Waals surface area contributed by atoms with Gasteiger partial charge in [-0.25, -0.2) is 4.98 Å². The molecule has 2 aromatic heterocycles. The number of rotatable bonds is 8. The van der Waals surface area contributed by atoms with Crippen molar-refractivity contribution in [1.29, 1.82) is 0 Å². The van der Waals surface area contributed by atoms with E-state index in [9.17, 15) is 14.4 Å². The Hall–Kier alpha value is -3.58. The molecule has 2 atom stereocenters. The average molecular weight is 486 g/mol. The highest BCUT2D eigenvalue weighted by molar-refractivity contribution is 7.20. The minimum Gasteiger partial charge on any atom is -0.332 e. The molecule has 4 aromatic rings. The molecule has 7 heteroatoms. The van der Waals surface area contributed by atoms with Gasteiger partial charge in [0.1, 0.15) is 5.78 Å². The summed E-state index contributed by atoms with van der Waals surface area (Å²) >= 11 is 1.59. The van der Waals surface area contributed by atoms with Crippen LogP contribution >= 0.6 is 11.3 Å². The van der Waals surface area contributed by atoms with Crippen LogP contribution in [0.3, 0.4) is 0 Å². The first-order valence-electron chi connectivity index (χ1n) is 11.9. The number of amides is 1. The Labute approximate surface area is 208 Å². The normalized spacial score (nSPS) is 16.5. The van der Waals surface area contributed by atoms with Crippen molar-refractivity contribution >= 4 is 33.8 Å². The summed E-state index contributed by atoms with van der Waals surface area (Å²) in [5.74, 6) is -0.737. The van der Waals surface area contributed by atoms with Gasteiger partial charge in [0.25, 0.3) is 0 Å². The lowest BCUT2D eigenvalue weighted by Gasteiger charge is -2.28. The van der Waals surface area contributed by atoms with Crippen LogP contribution in [0.15, 0.2) is 73.1 Å². The SMILES string of the molecule is CC(=O)C[C@@H](C(=O)N1CCC[C@H]1C(=O)Cc1cn2cc(-c3ccccc3)sc2n1)c1ccccc1. The van der Waals surface area contributed by atoms with Gasteiger partial charge in [0.2, 0.25) is 5.91 Å². The van der Waals surface area contributed by atoms with E-state index in [-0.39, 0.29) is 30.3 Å². The number of benzene rings is 2. The molecule has 0 unspecified atom stereocenters. The summed E-state index contributed by atoms with van der Waals surface area (Å²) in [5, 5.41) is 0. The van der Waals surface area contributed by atoms with E-state index in [1.165, 1.54) is 6.92 Å². The molecule has 0 aliphatic carbocycles. The van der Waals surface area contributed by atoms with Crippen LogP contribution in [0.2, 0.25) is 0 Å². The van der Waals surface area contributed by atoms with E-state index in [1.807, 2.05) is 65.3 Å². The molecule has 0 spiro atoms. The van der Waals surface area contributed by atoms with Crippen molar-refractivity contribution in [2.75, 3.05) is 6.54 Å². The number of fused-ring (bicyclic) bond motifs is 1. The molecule has 0 radical (unpaired) electrons. The lowest BCUT2D eigenvalue weighted by atomic mass is 9.92. The van der Waals surface area contributed by atoms with Crippen LogP contribution in [-0.2, 0) is 20.8 Å². The molecule has 1 aliphatic heterocycles. The first-order chi connectivity index (χ1) is 17.0. The molecular formula is C28H27N3O3S. The molecule has 1 amide bonds. The number of hydrogen-bond acceptors (Lipinski definition) is 5. The summed E-state index contributed by atoms with van der Waals surface area (Å²) in [6.45, 7) is 2.04. The van der Waals surface area contributed by atoms with Gasteiger partial charge in [-0.15, -0.1) is 0 Å². The van der Waals surface area contributed by atoms with Gasteiger partial charge < -0.3 is 4.90 Å². The second-order valence-corrected chi connectivity index (χ2v) is 10.1. The molecule has 5 rings (SSSR count). The molecule has 35 heavy (non-hydrogen) atoms. The predicted molar refractivity (Wildman–Crippen MR) is 136 cm³/mol. The largest absolute Gasteiger partial charge is 0.332 e. The highest BCUT2D eigenvalue weighted by Gasteiger charge is 2.37. The molecule has 2 aromatic carbocycles. The minimum absolute atomic E-state index is 0.000442. The van der Waals surface area contributed by atoms with Gasteiger partial charge >= 0.3 is 0 Å². The number of thiazole rings is 1. The Morgan fingerprint density at radius 2 is 1.74 bits per heavy atom. The summed E-state index contributed by atoms with van der Waals surface area (Å²) in [6, 6.07) is 19.0. The summed E-state index contributed by atoms with van der Waals surface area (Å²) in [5.41, 5.74) is 2.66. The van der Waals surface area contributed by atoms with Crippen molar-refractivity contribution < 1.29 is 14.4 Å². The number of carbonyl (C=O) groups excluding carboxylic acids is 3. The molecule has 0 bridgehead atoms. The molecule has 0 saturated carbocycles. The molecule has 1 aliphatic rings. The third-order valence-corrected chi connectivity index (χ3v) is 7.56. The Kier molecular flexibility index (Phi) is 6.59. The zero-order chi connectivity index (χ0) is 24.4. The zero-order valence-electron chi connectivity index (χ0n) is 19.6. The van der Waals surface area contributed by atoms with E-state index < -0.39 is 12.0 Å². The van der Waals surface area contributed by atoms with Crippen molar-refractivity contribution in [1.82, 2.24) is 14.3 Å². The van der Waals surface area contributed by atoms with E-state index in [4.69, 9.17) is 0 Å². The molecule has 6 nitrogen and oxygen atoms in total. The number of carbonyl (C=O) groups is 3. The molecule has 3 heterocycles. The molecule has 1 fully saturated rings.